The molecule has 4 amide bonds. The highest BCUT2D eigenvalue weighted by atomic mass is 16.5. The molecular weight excluding hydrogens is 468 g/mol. The summed E-state index contributed by atoms with van der Waals surface area (Å²) in [7, 11) is 0. The first-order valence-electron chi connectivity index (χ1n) is 12.1. The third-order valence-corrected chi connectivity index (χ3v) is 5.71. The Morgan fingerprint density at radius 2 is 1.81 bits per heavy atom. The number of allylic oxidation sites excluding steroid dienone is 1. The number of aliphatic hydroxyl groups is 1. The summed E-state index contributed by atoms with van der Waals surface area (Å²) in [4.78, 5) is 53.1. The summed E-state index contributed by atoms with van der Waals surface area (Å²) in [6.45, 7) is 12.1. The van der Waals surface area contributed by atoms with Crippen LogP contribution in [0, 0.1) is 5.92 Å². The molecule has 200 valence electrons. The molecule has 0 fully saturated rings. The van der Waals surface area contributed by atoms with Crippen LogP contribution in [-0.2, 0) is 20.9 Å². The molecule has 2 bridgehead atoms. The average Bonchev–Trinajstić information content (AvgIpc) is 3.26. The zero-order chi connectivity index (χ0) is 27.0. The summed E-state index contributed by atoms with van der Waals surface area (Å²) in [5.41, 5.74) is 1.07. The zero-order valence-electron chi connectivity index (χ0n) is 21.8. The van der Waals surface area contributed by atoms with Crippen LogP contribution in [-0.4, -0.2) is 82.7 Å². The zero-order valence-corrected chi connectivity index (χ0v) is 21.8. The van der Waals surface area contributed by atoms with Crippen molar-refractivity contribution in [1.29, 1.82) is 0 Å². The van der Waals surface area contributed by atoms with E-state index in [-0.39, 0.29) is 17.5 Å². The number of rotatable bonds is 4. The number of carbonyl (C=O) groups is 4. The fraction of sp³-hybridized carbons (Fsp3) is 0.625. The van der Waals surface area contributed by atoms with Crippen LogP contribution in [0.15, 0.2) is 22.2 Å². The molecule has 1 aromatic heterocycles. The molecule has 0 saturated heterocycles. The number of carbonyl (C=O) groups excluding carboxylic acids is 4. The first-order valence-corrected chi connectivity index (χ1v) is 12.1. The van der Waals surface area contributed by atoms with Crippen molar-refractivity contribution in [3.8, 4) is 0 Å². The van der Waals surface area contributed by atoms with Crippen LogP contribution in [0.3, 0.4) is 0 Å². The van der Waals surface area contributed by atoms with Gasteiger partial charge in [-0.25, -0.2) is 0 Å². The molecule has 12 heteroatoms. The van der Waals surface area contributed by atoms with Crippen molar-refractivity contribution in [3.05, 3.63) is 29.2 Å². The van der Waals surface area contributed by atoms with Gasteiger partial charge in [0.15, 0.2) is 11.5 Å². The molecule has 0 aliphatic carbocycles. The minimum atomic E-state index is -1.34. The number of aromatic nitrogens is 1. The van der Waals surface area contributed by atoms with Gasteiger partial charge in [-0.15, -0.1) is 0 Å². The smallest absolute Gasteiger partial charge is 0.274 e. The van der Waals surface area contributed by atoms with Crippen molar-refractivity contribution in [2.24, 2.45) is 5.92 Å². The van der Waals surface area contributed by atoms with Gasteiger partial charge >= 0.3 is 0 Å². The standard InChI is InChI=1S/C24H38N6O6/c1-13(2)7-9-30-10-8-25-23(34)19(14(3)4)27-21(32)15(5)26-24(35)20(16(6)31)28-22(33)18-11-17(12-30)36-29-18/h7,11,14-16,19-20,31H,8-10,12H2,1-6H3,(H,25,34)(H,26,35)(H,27,32)(H,28,33)/t15-,16+,19-,20-/m0/s1. The van der Waals surface area contributed by atoms with Gasteiger partial charge in [0, 0.05) is 25.7 Å². The highest BCUT2D eigenvalue weighted by Crippen LogP contribution is 2.10. The van der Waals surface area contributed by atoms with Crippen molar-refractivity contribution in [1.82, 2.24) is 31.3 Å². The van der Waals surface area contributed by atoms with Crippen molar-refractivity contribution >= 4 is 23.6 Å². The van der Waals surface area contributed by atoms with Crippen LogP contribution in [0.5, 0.6) is 0 Å². The lowest BCUT2D eigenvalue weighted by molar-refractivity contribution is -0.133. The Bertz CT molecular complexity index is 968. The lowest BCUT2D eigenvalue weighted by atomic mass is 10.0. The second-order valence-electron chi connectivity index (χ2n) is 9.64. The summed E-state index contributed by atoms with van der Waals surface area (Å²) < 4.78 is 5.33. The van der Waals surface area contributed by atoms with E-state index in [1.54, 1.807) is 13.8 Å². The van der Waals surface area contributed by atoms with Crippen molar-refractivity contribution in [2.75, 3.05) is 19.6 Å². The lowest BCUT2D eigenvalue weighted by Gasteiger charge is -2.26. The van der Waals surface area contributed by atoms with Gasteiger partial charge in [0.25, 0.3) is 5.91 Å². The number of hydrogen-bond acceptors (Lipinski definition) is 8. The number of nitrogens with zero attached hydrogens (tertiary/aromatic N) is 2. The molecule has 0 aromatic carbocycles. The molecular formula is C24H38N6O6. The second-order valence-corrected chi connectivity index (χ2v) is 9.64. The Labute approximate surface area is 211 Å². The van der Waals surface area contributed by atoms with Gasteiger partial charge in [0.2, 0.25) is 17.7 Å². The van der Waals surface area contributed by atoms with Crippen LogP contribution in [0.25, 0.3) is 0 Å². The summed E-state index contributed by atoms with van der Waals surface area (Å²) in [6, 6.07) is -1.72. The summed E-state index contributed by atoms with van der Waals surface area (Å²) >= 11 is 0. The monoisotopic (exact) mass is 506 g/mol. The van der Waals surface area contributed by atoms with Crippen molar-refractivity contribution in [3.63, 3.8) is 0 Å². The Kier molecular flexibility index (Phi) is 10.6. The molecule has 12 nitrogen and oxygen atoms in total. The Morgan fingerprint density at radius 1 is 1.11 bits per heavy atom. The van der Waals surface area contributed by atoms with E-state index in [9.17, 15) is 24.3 Å². The molecule has 5 N–H and O–H groups in total. The van der Waals surface area contributed by atoms with Crippen molar-refractivity contribution < 1.29 is 28.8 Å². The maximum atomic E-state index is 12.9. The SMILES string of the molecule is CC(C)=CCN1CCNC(=O)[C@H](C(C)C)NC(=O)[C@H](C)NC(=O)[C@H]([C@@H](C)O)NC(=O)c2cc(on2)C1. The molecule has 2 rings (SSSR count). The predicted octanol–water partition coefficient (Wildman–Crippen LogP) is -0.303. The molecule has 36 heavy (non-hydrogen) atoms. The molecule has 1 aliphatic rings. The maximum Gasteiger partial charge on any atom is 0.274 e. The van der Waals surface area contributed by atoms with Crippen LogP contribution in [0.2, 0.25) is 0 Å². The Morgan fingerprint density at radius 3 is 2.42 bits per heavy atom. The molecule has 0 spiro atoms. The van der Waals surface area contributed by atoms with Gasteiger partial charge in [0.05, 0.1) is 12.6 Å². The molecule has 2 heterocycles. The van der Waals surface area contributed by atoms with Crippen LogP contribution in [0.4, 0.5) is 0 Å². The quantitative estimate of drug-likeness (QED) is 0.347. The van der Waals surface area contributed by atoms with E-state index in [0.29, 0.717) is 31.9 Å². The largest absolute Gasteiger partial charge is 0.391 e. The van der Waals surface area contributed by atoms with Crippen LogP contribution < -0.4 is 21.3 Å². The van der Waals surface area contributed by atoms with E-state index in [1.165, 1.54) is 19.9 Å². The molecule has 1 aliphatic heterocycles. The van der Waals surface area contributed by atoms with E-state index in [0.717, 1.165) is 5.57 Å². The number of nitrogens with one attached hydrogen (secondary N) is 4. The number of fused-ring (bicyclic) bond motifs is 2. The van der Waals surface area contributed by atoms with Gasteiger partial charge in [-0.2, -0.15) is 0 Å². The third-order valence-electron chi connectivity index (χ3n) is 5.71. The normalized spacial score (nSPS) is 24.1. The number of hydrogen-bond donors (Lipinski definition) is 5. The molecule has 4 atom stereocenters. The molecule has 1 aromatic rings. The Balaban J connectivity index is 2.36. The maximum absolute atomic E-state index is 12.9. The van der Waals surface area contributed by atoms with Crippen LogP contribution in [0.1, 0.15) is 57.8 Å². The summed E-state index contributed by atoms with van der Waals surface area (Å²) in [5, 5.41) is 24.4. The lowest BCUT2D eigenvalue weighted by Crippen LogP contribution is -2.58. The van der Waals surface area contributed by atoms with E-state index >= 15 is 0 Å². The van der Waals surface area contributed by atoms with Gasteiger partial charge < -0.3 is 30.9 Å². The van der Waals surface area contributed by atoms with E-state index in [4.69, 9.17) is 4.52 Å². The second kappa shape index (κ2) is 13.2. The van der Waals surface area contributed by atoms with E-state index in [2.05, 4.69) is 26.4 Å². The first kappa shape index (κ1) is 29.0. The minimum absolute atomic E-state index is 0.0504. The molecule has 0 radical (unpaired) electrons. The highest BCUT2D eigenvalue weighted by Gasteiger charge is 2.31. The fourth-order valence-electron chi connectivity index (χ4n) is 3.51. The van der Waals surface area contributed by atoms with Gasteiger partial charge in [0.1, 0.15) is 18.1 Å². The third kappa shape index (κ3) is 8.45. The highest BCUT2D eigenvalue weighted by molar-refractivity contribution is 5.97. The predicted molar refractivity (Wildman–Crippen MR) is 132 cm³/mol. The fourth-order valence-corrected chi connectivity index (χ4v) is 3.51. The summed E-state index contributed by atoms with van der Waals surface area (Å²) in [6.07, 6.45) is 0.775. The number of amides is 4. The first-order chi connectivity index (χ1) is 16.9. The topological polar surface area (TPSA) is 166 Å². The molecule has 0 saturated carbocycles. The summed E-state index contributed by atoms with van der Waals surface area (Å²) in [5.74, 6) is -2.15. The van der Waals surface area contributed by atoms with Gasteiger partial charge in [-0.05, 0) is 33.6 Å². The Hall–Kier alpha value is -3.25. The number of aliphatic hydroxyl groups excluding tert-OH is 1. The molecule has 0 unspecified atom stereocenters. The van der Waals surface area contributed by atoms with E-state index in [1.807, 2.05) is 24.8 Å². The van der Waals surface area contributed by atoms with Gasteiger partial charge in [-0.1, -0.05) is 30.7 Å². The van der Waals surface area contributed by atoms with Crippen LogP contribution >= 0.6 is 0 Å². The van der Waals surface area contributed by atoms with Crippen molar-refractivity contribution in [2.45, 2.75) is 72.3 Å². The van der Waals surface area contributed by atoms with Gasteiger partial charge in [-0.3, -0.25) is 24.1 Å². The van der Waals surface area contributed by atoms with E-state index < -0.39 is 42.0 Å². The average molecular weight is 507 g/mol. The minimum Gasteiger partial charge on any atom is -0.391 e.